The van der Waals surface area contributed by atoms with Crippen molar-refractivity contribution in [3.05, 3.63) is 29.3 Å². The number of fused-ring (bicyclic) bond motifs is 1. The summed E-state index contributed by atoms with van der Waals surface area (Å²) in [6.45, 7) is 6.28. The van der Waals surface area contributed by atoms with Crippen molar-refractivity contribution in [2.45, 2.75) is 45.6 Å². The molecule has 1 unspecified atom stereocenters. The molecule has 0 spiro atoms. The number of ether oxygens (including phenoxy) is 1. The Balaban J connectivity index is 2.11. The molecule has 0 heterocycles. The Kier molecular flexibility index (Phi) is 4.43. The largest absolute Gasteiger partial charge is 0.493 e. The van der Waals surface area contributed by atoms with E-state index >= 15 is 0 Å². The molecule has 1 aromatic carbocycles. The predicted molar refractivity (Wildman–Crippen MR) is 71.6 cm³/mol. The minimum absolute atomic E-state index is 0.537. The molecule has 0 radical (unpaired) electrons. The quantitative estimate of drug-likeness (QED) is 0.812. The third kappa shape index (κ3) is 2.81. The lowest BCUT2D eigenvalue weighted by Crippen LogP contribution is -2.19. The van der Waals surface area contributed by atoms with Crippen molar-refractivity contribution in [3.63, 3.8) is 0 Å². The summed E-state index contributed by atoms with van der Waals surface area (Å²) in [5.74, 6) is 1.10. The van der Waals surface area contributed by atoms with Crippen LogP contribution >= 0.6 is 0 Å². The highest BCUT2D eigenvalue weighted by Gasteiger charge is 2.24. The Morgan fingerprint density at radius 1 is 1.29 bits per heavy atom. The number of hydrogen-bond donors (Lipinski definition) is 1. The predicted octanol–water partition coefficient (Wildman–Crippen LogP) is 3.46. The lowest BCUT2D eigenvalue weighted by molar-refractivity contribution is 0.314. The number of nitrogens with one attached hydrogen (secondary N) is 1. The molecule has 0 saturated heterocycles. The van der Waals surface area contributed by atoms with Crippen LogP contribution < -0.4 is 10.1 Å². The van der Waals surface area contributed by atoms with Gasteiger partial charge >= 0.3 is 0 Å². The summed E-state index contributed by atoms with van der Waals surface area (Å²) < 4.78 is 5.82. The van der Waals surface area contributed by atoms with E-state index in [1.165, 1.54) is 24.0 Å². The maximum Gasteiger partial charge on any atom is 0.122 e. The first-order valence-corrected chi connectivity index (χ1v) is 6.84. The third-order valence-electron chi connectivity index (χ3n) is 3.33. The molecule has 0 amide bonds. The summed E-state index contributed by atoms with van der Waals surface area (Å²) in [6.07, 6.45) is 4.62. The summed E-state index contributed by atoms with van der Waals surface area (Å²) in [4.78, 5) is 0. The van der Waals surface area contributed by atoms with Gasteiger partial charge in [0.25, 0.3) is 0 Å². The highest BCUT2D eigenvalue weighted by molar-refractivity contribution is 5.45. The zero-order valence-corrected chi connectivity index (χ0v) is 11.0. The first kappa shape index (κ1) is 12.4. The fraction of sp³-hybridized carbons (Fsp3) is 0.600. The molecule has 0 fully saturated rings. The maximum atomic E-state index is 5.82. The monoisotopic (exact) mass is 233 g/mol. The van der Waals surface area contributed by atoms with Gasteiger partial charge in [-0.15, -0.1) is 0 Å². The summed E-state index contributed by atoms with van der Waals surface area (Å²) in [5, 5.41) is 3.62. The van der Waals surface area contributed by atoms with E-state index in [1.54, 1.807) is 0 Å². The Labute approximate surface area is 104 Å². The average molecular weight is 233 g/mol. The highest BCUT2D eigenvalue weighted by atomic mass is 16.5. The average Bonchev–Trinajstić information content (AvgIpc) is 2.77. The normalized spacial score (nSPS) is 18.1. The van der Waals surface area contributed by atoms with Crippen LogP contribution in [0.1, 0.15) is 50.3 Å². The molecule has 0 saturated carbocycles. The summed E-state index contributed by atoms with van der Waals surface area (Å²) in [5.41, 5.74) is 2.88. The van der Waals surface area contributed by atoms with Gasteiger partial charge in [-0.05, 0) is 49.4 Å². The van der Waals surface area contributed by atoms with E-state index in [0.717, 1.165) is 31.7 Å². The molecule has 2 nitrogen and oxygen atoms in total. The van der Waals surface area contributed by atoms with E-state index in [2.05, 4.69) is 37.4 Å². The fourth-order valence-electron chi connectivity index (χ4n) is 2.50. The van der Waals surface area contributed by atoms with E-state index in [0.29, 0.717) is 6.04 Å². The standard InChI is InChI=1S/C15H23NO/c1-3-10-16-14-9-8-13-12(14)6-5-7-15(13)17-11-4-2/h5-7,14,16H,3-4,8-11H2,1-2H3. The van der Waals surface area contributed by atoms with Crippen LogP contribution in [-0.4, -0.2) is 13.2 Å². The van der Waals surface area contributed by atoms with Crippen LogP contribution in [0.3, 0.4) is 0 Å². The molecular formula is C15H23NO. The van der Waals surface area contributed by atoms with Crippen LogP contribution in [-0.2, 0) is 6.42 Å². The molecule has 2 rings (SSSR count). The van der Waals surface area contributed by atoms with Crippen LogP contribution in [0.4, 0.5) is 0 Å². The number of rotatable bonds is 6. The summed E-state index contributed by atoms with van der Waals surface area (Å²) in [6, 6.07) is 7.01. The van der Waals surface area contributed by atoms with Crippen LogP contribution in [0.15, 0.2) is 18.2 Å². The SMILES string of the molecule is CCCNC1CCc2c(OCCC)cccc21. The third-order valence-corrected chi connectivity index (χ3v) is 3.33. The first-order chi connectivity index (χ1) is 8.36. The molecule has 0 bridgehead atoms. The van der Waals surface area contributed by atoms with Gasteiger partial charge in [-0.2, -0.15) is 0 Å². The molecule has 94 valence electrons. The Hall–Kier alpha value is -1.02. The highest BCUT2D eigenvalue weighted by Crippen LogP contribution is 2.36. The molecule has 1 atom stereocenters. The van der Waals surface area contributed by atoms with E-state index in [1.807, 2.05) is 0 Å². The Bertz CT molecular complexity index is 362. The van der Waals surface area contributed by atoms with Gasteiger partial charge in [0.15, 0.2) is 0 Å². The molecule has 2 heteroatoms. The van der Waals surface area contributed by atoms with Crippen LogP contribution in [0.2, 0.25) is 0 Å². The zero-order valence-electron chi connectivity index (χ0n) is 11.0. The lowest BCUT2D eigenvalue weighted by atomic mass is 10.1. The van der Waals surface area contributed by atoms with Gasteiger partial charge in [0.1, 0.15) is 5.75 Å². The fourth-order valence-corrected chi connectivity index (χ4v) is 2.50. The molecule has 1 aliphatic carbocycles. The molecule has 1 aromatic rings. The minimum Gasteiger partial charge on any atom is -0.493 e. The molecule has 0 aromatic heterocycles. The van der Waals surface area contributed by atoms with Crippen molar-refractivity contribution in [1.29, 1.82) is 0 Å². The van der Waals surface area contributed by atoms with Crippen molar-refractivity contribution in [3.8, 4) is 5.75 Å². The topological polar surface area (TPSA) is 21.3 Å². The van der Waals surface area contributed by atoms with E-state index in [9.17, 15) is 0 Å². The molecule has 0 aliphatic heterocycles. The van der Waals surface area contributed by atoms with Crippen LogP contribution in [0.5, 0.6) is 5.75 Å². The molecule has 17 heavy (non-hydrogen) atoms. The van der Waals surface area contributed by atoms with E-state index < -0.39 is 0 Å². The molecule has 1 aliphatic rings. The second kappa shape index (κ2) is 6.06. The lowest BCUT2D eigenvalue weighted by Gasteiger charge is -2.14. The maximum absolute atomic E-state index is 5.82. The van der Waals surface area contributed by atoms with Gasteiger partial charge in [-0.1, -0.05) is 26.0 Å². The van der Waals surface area contributed by atoms with Gasteiger partial charge in [-0.3, -0.25) is 0 Å². The van der Waals surface area contributed by atoms with Gasteiger partial charge < -0.3 is 10.1 Å². The van der Waals surface area contributed by atoms with Gasteiger partial charge in [0.2, 0.25) is 0 Å². The van der Waals surface area contributed by atoms with Crippen molar-refractivity contribution >= 4 is 0 Å². The number of hydrogen-bond acceptors (Lipinski definition) is 2. The van der Waals surface area contributed by atoms with Crippen molar-refractivity contribution in [2.75, 3.05) is 13.2 Å². The van der Waals surface area contributed by atoms with Gasteiger partial charge in [-0.25, -0.2) is 0 Å². The van der Waals surface area contributed by atoms with Crippen LogP contribution in [0, 0.1) is 0 Å². The first-order valence-electron chi connectivity index (χ1n) is 6.84. The van der Waals surface area contributed by atoms with Crippen molar-refractivity contribution in [2.24, 2.45) is 0 Å². The summed E-state index contributed by atoms with van der Waals surface area (Å²) >= 11 is 0. The van der Waals surface area contributed by atoms with E-state index in [-0.39, 0.29) is 0 Å². The smallest absolute Gasteiger partial charge is 0.122 e. The van der Waals surface area contributed by atoms with E-state index in [4.69, 9.17) is 4.74 Å². The van der Waals surface area contributed by atoms with Gasteiger partial charge in [0, 0.05) is 6.04 Å². The zero-order chi connectivity index (χ0) is 12.1. The van der Waals surface area contributed by atoms with Gasteiger partial charge in [0.05, 0.1) is 6.61 Å². The Morgan fingerprint density at radius 2 is 2.18 bits per heavy atom. The second-order valence-electron chi connectivity index (χ2n) is 4.72. The minimum atomic E-state index is 0.537. The van der Waals surface area contributed by atoms with Crippen molar-refractivity contribution in [1.82, 2.24) is 5.32 Å². The molecular weight excluding hydrogens is 210 g/mol. The second-order valence-corrected chi connectivity index (χ2v) is 4.72. The van der Waals surface area contributed by atoms with Crippen LogP contribution in [0.25, 0.3) is 0 Å². The van der Waals surface area contributed by atoms with Crippen molar-refractivity contribution < 1.29 is 4.74 Å². The number of benzene rings is 1. The molecule has 1 N–H and O–H groups in total. The Morgan fingerprint density at radius 3 is 2.94 bits per heavy atom. The summed E-state index contributed by atoms with van der Waals surface area (Å²) in [7, 11) is 0.